The first-order chi connectivity index (χ1) is 25.1. The van der Waals surface area contributed by atoms with Gasteiger partial charge in [-0.2, -0.15) is 0 Å². The number of aliphatic hydroxyl groups is 1. The zero-order valence-corrected chi connectivity index (χ0v) is 30.9. The van der Waals surface area contributed by atoms with Crippen LogP contribution >= 0.6 is 23.2 Å². The van der Waals surface area contributed by atoms with Gasteiger partial charge in [0, 0.05) is 73.3 Å². The summed E-state index contributed by atoms with van der Waals surface area (Å²) in [5, 5.41) is 11.0. The fourth-order valence-corrected chi connectivity index (χ4v) is 8.60. The number of anilines is 2. The van der Waals surface area contributed by atoms with E-state index in [2.05, 4.69) is 55.1 Å². The quantitative estimate of drug-likeness (QED) is 0.317. The number of aliphatic imine (C=N–C) groups is 3. The lowest BCUT2D eigenvalue weighted by molar-refractivity contribution is -0.187. The number of rotatable bonds is 11. The molecular formula is C39H44Cl2N6O5. The molecule has 0 bridgehead atoms. The minimum atomic E-state index is -1.10. The topological polar surface area (TPSA) is 112 Å². The monoisotopic (exact) mass is 746 g/mol. The number of allylic oxidation sites excluding steroid dienone is 1. The van der Waals surface area contributed by atoms with Crippen LogP contribution in [0.4, 0.5) is 11.4 Å². The molecule has 4 aliphatic heterocycles. The van der Waals surface area contributed by atoms with Crippen LogP contribution in [0.2, 0.25) is 10.0 Å². The van der Waals surface area contributed by atoms with Crippen LogP contribution in [0.25, 0.3) is 0 Å². The number of hydrogen-bond donors (Lipinski definition) is 1. The molecule has 11 nitrogen and oxygen atoms in total. The molecule has 52 heavy (non-hydrogen) atoms. The number of nitrogens with zero attached hydrogens (tertiary/aromatic N) is 6. The van der Waals surface area contributed by atoms with Crippen molar-refractivity contribution in [2.45, 2.75) is 68.9 Å². The summed E-state index contributed by atoms with van der Waals surface area (Å²) in [6, 6.07) is 13.8. The number of ether oxygens (including phenoxy) is 3. The summed E-state index contributed by atoms with van der Waals surface area (Å²) in [6.45, 7) is 8.19. The van der Waals surface area contributed by atoms with Gasteiger partial charge >= 0.3 is 0 Å². The van der Waals surface area contributed by atoms with E-state index in [9.17, 15) is 9.90 Å². The molecule has 2 aliphatic carbocycles. The van der Waals surface area contributed by atoms with Crippen molar-refractivity contribution in [2.75, 3.05) is 49.2 Å². The maximum atomic E-state index is 13.3. The zero-order chi connectivity index (χ0) is 36.0. The van der Waals surface area contributed by atoms with Gasteiger partial charge in [-0.15, -0.1) is 0 Å². The van der Waals surface area contributed by atoms with Crippen molar-refractivity contribution < 1.29 is 24.1 Å². The molecule has 3 fully saturated rings. The minimum Gasteiger partial charge on any atom is -0.491 e. The van der Waals surface area contributed by atoms with Crippen LogP contribution in [0.5, 0.6) is 0 Å². The second kappa shape index (κ2) is 14.3. The van der Waals surface area contributed by atoms with Gasteiger partial charge in [-0.3, -0.25) is 29.6 Å². The number of benzene rings is 2. The number of amides is 1. The molecule has 13 heteroatoms. The average Bonchev–Trinajstić information content (AvgIpc) is 3.41. The average molecular weight is 748 g/mol. The highest BCUT2D eigenvalue weighted by Gasteiger charge is 2.66. The Hall–Kier alpha value is -3.58. The molecule has 274 valence electrons. The molecular weight excluding hydrogens is 703 g/mol. The first-order valence-corrected chi connectivity index (χ1v) is 18.9. The number of aliphatic hydroxyl groups excluding tert-OH is 1. The molecule has 4 heterocycles. The third-order valence-corrected chi connectivity index (χ3v) is 11.9. The Morgan fingerprint density at radius 1 is 1.04 bits per heavy atom. The highest BCUT2D eigenvalue weighted by Crippen LogP contribution is 2.55. The van der Waals surface area contributed by atoms with Crippen LogP contribution in [0.1, 0.15) is 38.7 Å². The normalized spacial score (nSPS) is 31.2. The van der Waals surface area contributed by atoms with Crippen LogP contribution in [-0.2, 0) is 24.8 Å². The first-order valence-electron chi connectivity index (χ1n) is 18.1. The van der Waals surface area contributed by atoms with Gasteiger partial charge < -0.3 is 24.2 Å². The summed E-state index contributed by atoms with van der Waals surface area (Å²) < 4.78 is 19.0. The molecule has 1 amide bonds. The van der Waals surface area contributed by atoms with Crippen molar-refractivity contribution in [2.24, 2.45) is 26.8 Å². The van der Waals surface area contributed by atoms with Crippen LogP contribution in [0, 0.1) is 11.8 Å². The summed E-state index contributed by atoms with van der Waals surface area (Å²) in [5.74, 6) is -0.137. The number of piperazine rings is 1. The summed E-state index contributed by atoms with van der Waals surface area (Å²) in [5.41, 5.74) is 1.98. The van der Waals surface area contributed by atoms with Crippen molar-refractivity contribution in [1.29, 1.82) is 0 Å². The number of hydrogen-bond acceptors (Lipinski definition) is 10. The molecule has 2 aromatic rings. The number of carbonyl (C=O) groups is 1. The van der Waals surface area contributed by atoms with E-state index < -0.39 is 17.4 Å². The van der Waals surface area contributed by atoms with E-state index in [1.807, 2.05) is 25.1 Å². The Morgan fingerprint density at radius 3 is 2.48 bits per heavy atom. The maximum absolute atomic E-state index is 13.3. The molecule has 1 N–H and O–H groups in total. The van der Waals surface area contributed by atoms with Gasteiger partial charge in [-0.1, -0.05) is 42.3 Å². The SMILES string of the molecule is CC(O)C(C)C1CC12N=CN(c1ccc(N3CCN(C4C=CC(OCC5COC(CC6N=CC=N6)(c6ccc(Cl)cc6Cl)O5)=CC4)CC3)cc1)C2=O. The molecule has 6 aliphatic rings. The van der Waals surface area contributed by atoms with E-state index in [1.165, 1.54) is 0 Å². The summed E-state index contributed by atoms with van der Waals surface area (Å²) in [4.78, 5) is 33.3. The predicted molar refractivity (Wildman–Crippen MR) is 204 cm³/mol. The van der Waals surface area contributed by atoms with Crippen molar-refractivity contribution >= 4 is 59.3 Å². The van der Waals surface area contributed by atoms with Gasteiger partial charge in [0.05, 0.1) is 29.8 Å². The molecule has 1 spiro atoms. The van der Waals surface area contributed by atoms with E-state index in [4.69, 9.17) is 37.4 Å². The second-order valence-electron chi connectivity index (χ2n) is 14.6. The zero-order valence-electron chi connectivity index (χ0n) is 29.4. The smallest absolute Gasteiger partial charge is 0.260 e. The second-order valence-corrected chi connectivity index (χ2v) is 15.4. The Morgan fingerprint density at radius 2 is 1.79 bits per heavy atom. The third kappa shape index (κ3) is 6.83. The fourth-order valence-electron chi connectivity index (χ4n) is 8.04. The highest BCUT2D eigenvalue weighted by molar-refractivity contribution is 6.35. The van der Waals surface area contributed by atoms with E-state index in [-0.39, 0.29) is 30.0 Å². The van der Waals surface area contributed by atoms with Crippen LogP contribution in [0.15, 0.2) is 81.4 Å². The lowest BCUT2D eigenvalue weighted by Crippen LogP contribution is -2.50. The van der Waals surface area contributed by atoms with E-state index in [0.29, 0.717) is 47.7 Å². The van der Waals surface area contributed by atoms with Gasteiger partial charge in [-0.25, -0.2) is 0 Å². The Balaban J connectivity index is 0.803. The van der Waals surface area contributed by atoms with E-state index >= 15 is 0 Å². The molecule has 2 aromatic carbocycles. The van der Waals surface area contributed by atoms with Gasteiger partial charge in [0.15, 0.2) is 0 Å². The van der Waals surface area contributed by atoms with Crippen LogP contribution in [0.3, 0.4) is 0 Å². The lowest BCUT2D eigenvalue weighted by Gasteiger charge is -2.39. The van der Waals surface area contributed by atoms with E-state index in [0.717, 1.165) is 49.7 Å². The van der Waals surface area contributed by atoms with Gasteiger partial charge in [-0.05, 0) is 74.2 Å². The molecule has 8 rings (SSSR count). The standard InChI is InChI=1S/C39H44Cl2N6O5/c1-25(26(2)48)34-20-38(34)37(49)47(24-44-38)30-6-4-28(5-7-30)45-15-17-46(18-16-45)29-8-10-31(11-9-29)50-22-32-23-51-39(52-32,21-36-42-13-14-43-36)33-12-3-27(40)19-35(33)41/h3-8,10-14,19,24-26,29,32,34,36,48H,9,15-18,20-23H2,1-2H3. The molecule has 0 radical (unpaired) electrons. The van der Waals surface area contributed by atoms with Crippen molar-refractivity contribution in [3.8, 4) is 0 Å². The molecule has 2 saturated heterocycles. The Labute approximate surface area is 314 Å². The Bertz CT molecular complexity index is 1810. The van der Waals surface area contributed by atoms with Gasteiger partial charge in [0.2, 0.25) is 5.79 Å². The number of carbonyl (C=O) groups excluding carboxylic acids is 1. The number of halogens is 2. The van der Waals surface area contributed by atoms with Crippen molar-refractivity contribution in [1.82, 2.24) is 4.90 Å². The summed E-state index contributed by atoms with van der Waals surface area (Å²) in [7, 11) is 0. The summed E-state index contributed by atoms with van der Waals surface area (Å²) in [6.07, 6.45) is 12.4. The van der Waals surface area contributed by atoms with Gasteiger partial charge in [0.1, 0.15) is 30.2 Å². The molecule has 1 saturated carbocycles. The fraction of sp³-hybridized carbons (Fsp3) is 0.487. The van der Waals surface area contributed by atoms with Crippen LogP contribution in [-0.4, -0.2) is 104 Å². The van der Waals surface area contributed by atoms with Crippen molar-refractivity contribution in [3.63, 3.8) is 0 Å². The van der Waals surface area contributed by atoms with Crippen LogP contribution < -0.4 is 9.80 Å². The Kier molecular flexibility index (Phi) is 9.77. The van der Waals surface area contributed by atoms with Gasteiger partial charge in [0.25, 0.3) is 5.91 Å². The third-order valence-electron chi connectivity index (χ3n) is 11.4. The van der Waals surface area contributed by atoms with E-state index in [1.54, 1.807) is 42.7 Å². The predicted octanol–water partition coefficient (Wildman–Crippen LogP) is 5.63. The lowest BCUT2D eigenvalue weighted by atomic mass is 9.96. The first kappa shape index (κ1) is 35.4. The highest BCUT2D eigenvalue weighted by atomic mass is 35.5. The molecule has 7 atom stereocenters. The molecule has 0 aromatic heterocycles. The largest absolute Gasteiger partial charge is 0.491 e. The minimum absolute atomic E-state index is 0.0118. The molecule has 7 unspecified atom stereocenters. The summed E-state index contributed by atoms with van der Waals surface area (Å²) >= 11 is 12.8. The van der Waals surface area contributed by atoms with Crippen molar-refractivity contribution in [3.05, 3.63) is 82.1 Å². The maximum Gasteiger partial charge on any atom is 0.260 e.